The minimum absolute atomic E-state index is 0.0958. The van der Waals surface area contributed by atoms with E-state index >= 15 is 0 Å². The molecule has 0 unspecified atom stereocenters. The van der Waals surface area contributed by atoms with Gasteiger partial charge in [-0.3, -0.25) is 9.59 Å². The molecule has 0 aromatic heterocycles. The third kappa shape index (κ3) is 5.70. The number of carboxylic acid groups (broad SMARTS) is 1. The van der Waals surface area contributed by atoms with Crippen LogP contribution < -0.4 is 5.32 Å². The van der Waals surface area contributed by atoms with E-state index < -0.39 is 30.6 Å². The van der Waals surface area contributed by atoms with Gasteiger partial charge in [-0.05, 0) is 28.2 Å². The molecule has 8 nitrogen and oxygen atoms in total. The maximum absolute atomic E-state index is 13.0. The Balaban J connectivity index is 1.68. The number of methoxy groups -OCH3 is 1. The molecule has 8 heteroatoms. The van der Waals surface area contributed by atoms with E-state index in [1.165, 1.54) is 12.0 Å². The molecule has 2 amide bonds. The Morgan fingerprint density at radius 2 is 1.61 bits per heavy atom. The minimum Gasteiger partial charge on any atom is -0.480 e. The van der Waals surface area contributed by atoms with Gasteiger partial charge in [0.25, 0.3) is 0 Å². The lowest BCUT2D eigenvalue weighted by Crippen LogP contribution is -2.53. The van der Waals surface area contributed by atoms with Crippen molar-refractivity contribution in [3.63, 3.8) is 0 Å². The van der Waals surface area contributed by atoms with Gasteiger partial charge in [-0.2, -0.15) is 0 Å². The van der Waals surface area contributed by atoms with Crippen LogP contribution in [-0.4, -0.2) is 67.4 Å². The molecule has 0 saturated heterocycles. The summed E-state index contributed by atoms with van der Waals surface area (Å²) < 4.78 is 10.5. The molecular formula is C25H30N2O6. The number of alkyl carbamates (subject to hydrolysis) is 1. The van der Waals surface area contributed by atoms with Gasteiger partial charge in [-0.15, -0.1) is 0 Å². The van der Waals surface area contributed by atoms with E-state index in [1.54, 1.807) is 13.8 Å². The lowest BCUT2D eigenvalue weighted by Gasteiger charge is -2.28. The van der Waals surface area contributed by atoms with Crippen LogP contribution in [0.3, 0.4) is 0 Å². The number of ether oxygens (including phenoxy) is 2. The molecule has 1 atom stereocenters. The normalized spacial score (nSPS) is 13.2. The van der Waals surface area contributed by atoms with Gasteiger partial charge in [-0.25, -0.2) is 4.79 Å². The second-order valence-electron chi connectivity index (χ2n) is 8.34. The van der Waals surface area contributed by atoms with Crippen LogP contribution >= 0.6 is 0 Å². The Morgan fingerprint density at radius 3 is 2.12 bits per heavy atom. The Hall–Kier alpha value is -3.39. The lowest BCUT2D eigenvalue weighted by atomic mass is 9.98. The Labute approximate surface area is 193 Å². The predicted octanol–water partition coefficient (Wildman–Crippen LogP) is 3.11. The molecule has 1 aliphatic carbocycles. The Kier molecular flexibility index (Phi) is 8.06. The first-order chi connectivity index (χ1) is 15.8. The highest BCUT2D eigenvalue weighted by atomic mass is 16.5. The van der Waals surface area contributed by atoms with E-state index in [0.29, 0.717) is 0 Å². The molecule has 0 heterocycles. The summed E-state index contributed by atoms with van der Waals surface area (Å²) in [5.74, 6) is -1.99. The number of carbonyl (C=O) groups is 3. The van der Waals surface area contributed by atoms with Crippen molar-refractivity contribution in [3.8, 4) is 11.1 Å². The van der Waals surface area contributed by atoms with Crippen LogP contribution in [0.1, 0.15) is 30.9 Å². The topological polar surface area (TPSA) is 105 Å². The third-order valence-corrected chi connectivity index (χ3v) is 5.75. The molecule has 33 heavy (non-hydrogen) atoms. The predicted molar refractivity (Wildman–Crippen MR) is 123 cm³/mol. The summed E-state index contributed by atoms with van der Waals surface area (Å²) in [6.45, 7) is 3.51. The highest BCUT2D eigenvalue weighted by Crippen LogP contribution is 2.44. The van der Waals surface area contributed by atoms with Crippen LogP contribution in [0.15, 0.2) is 48.5 Å². The summed E-state index contributed by atoms with van der Waals surface area (Å²) in [5, 5.41) is 11.8. The third-order valence-electron chi connectivity index (χ3n) is 5.75. The second kappa shape index (κ2) is 11.0. The van der Waals surface area contributed by atoms with Crippen LogP contribution in [0, 0.1) is 5.92 Å². The maximum atomic E-state index is 13.0. The zero-order valence-corrected chi connectivity index (χ0v) is 19.1. The number of hydrogen-bond donors (Lipinski definition) is 2. The van der Waals surface area contributed by atoms with Gasteiger partial charge >= 0.3 is 12.1 Å². The summed E-state index contributed by atoms with van der Waals surface area (Å²) in [6, 6.07) is 15.1. The van der Waals surface area contributed by atoms with E-state index in [0.717, 1.165) is 22.3 Å². The first-order valence-electron chi connectivity index (χ1n) is 10.9. The molecule has 2 aromatic rings. The summed E-state index contributed by atoms with van der Waals surface area (Å²) >= 11 is 0. The number of amides is 2. The van der Waals surface area contributed by atoms with Gasteiger partial charge < -0.3 is 24.8 Å². The van der Waals surface area contributed by atoms with Gasteiger partial charge in [0.05, 0.1) is 6.61 Å². The SMILES string of the molecule is COCCN(CC(=O)O)C(=O)[C@H](NC(=O)OCC1c2ccccc2-c2ccccc21)C(C)C. The van der Waals surface area contributed by atoms with Crippen molar-refractivity contribution in [1.82, 2.24) is 10.2 Å². The largest absolute Gasteiger partial charge is 0.480 e. The monoisotopic (exact) mass is 454 g/mol. The highest BCUT2D eigenvalue weighted by molar-refractivity contribution is 5.88. The number of carboxylic acids is 1. The van der Waals surface area contributed by atoms with Gasteiger partial charge in [0, 0.05) is 19.6 Å². The number of aliphatic carboxylic acids is 1. The number of nitrogens with zero attached hydrogens (tertiary/aromatic N) is 1. The number of benzene rings is 2. The lowest BCUT2D eigenvalue weighted by molar-refractivity contribution is -0.146. The molecule has 0 fully saturated rings. The van der Waals surface area contributed by atoms with E-state index in [2.05, 4.69) is 17.4 Å². The van der Waals surface area contributed by atoms with Gasteiger partial charge in [-0.1, -0.05) is 62.4 Å². The number of fused-ring (bicyclic) bond motifs is 3. The van der Waals surface area contributed by atoms with Crippen LogP contribution in [0.25, 0.3) is 11.1 Å². The fourth-order valence-electron chi connectivity index (χ4n) is 4.11. The molecule has 0 aliphatic heterocycles. The van der Waals surface area contributed by atoms with Crippen LogP contribution in [0.2, 0.25) is 0 Å². The quantitative estimate of drug-likeness (QED) is 0.572. The summed E-state index contributed by atoms with van der Waals surface area (Å²) in [7, 11) is 1.47. The van der Waals surface area contributed by atoms with Crippen molar-refractivity contribution >= 4 is 18.0 Å². The van der Waals surface area contributed by atoms with E-state index in [-0.39, 0.29) is 31.6 Å². The number of rotatable bonds is 10. The number of carbonyl (C=O) groups excluding carboxylic acids is 2. The average Bonchev–Trinajstić information content (AvgIpc) is 3.11. The van der Waals surface area contributed by atoms with Crippen molar-refractivity contribution in [3.05, 3.63) is 59.7 Å². The van der Waals surface area contributed by atoms with Crippen LogP contribution in [0.4, 0.5) is 4.79 Å². The molecular weight excluding hydrogens is 424 g/mol. The Bertz CT molecular complexity index is 960. The molecule has 0 radical (unpaired) electrons. The zero-order valence-electron chi connectivity index (χ0n) is 19.1. The molecule has 0 spiro atoms. The van der Waals surface area contributed by atoms with E-state index in [4.69, 9.17) is 14.6 Å². The molecule has 176 valence electrons. The van der Waals surface area contributed by atoms with Crippen molar-refractivity contribution in [2.45, 2.75) is 25.8 Å². The fraction of sp³-hybridized carbons (Fsp3) is 0.400. The summed E-state index contributed by atoms with van der Waals surface area (Å²) in [6.07, 6.45) is -0.717. The second-order valence-corrected chi connectivity index (χ2v) is 8.34. The van der Waals surface area contributed by atoms with Gasteiger partial charge in [0.15, 0.2) is 0 Å². The fourth-order valence-corrected chi connectivity index (χ4v) is 4.11. The maximum Gasteiger partial charge on any atom is 0.407 e. The van der Waals surface area contributed by atoms with E-state index in [1.807, 2.05) is 36.4 Å². The minimum atomic E-state index is -1.14. The van der Waals surface area contributed by atoms with Gasteiger partial charge in [0.1, 0.15) is 19.2 Å². The van der Waals surface area contributed by atoms with Crippen molar-refractivity contribution < 1.29 is 29.0 Å². The molecule has 2 N–H and O–H groups in total. The molecule has 2 aromatic carbocycles. The first-order valence-corrected chi connectivity index (χ1v) is 10.9. The molecule has 1 aliphatic rings. The average molecular weight is 455 g/mol. The standard InChI is InChI=1S/C25H30N2O6/c1-16(2)23(24(30)27(12-13-32-3)14-22(28)29)26-25(31)33-15-21-19-10-6-4-8-17(19)18-9-5-7-11-20(18)21/h4-11,16,21,23H,12-15H2,1-3H3,(H,26,31)(H,28,29)/t23-/m1/s1. The smallest absolute Gasteiger partial charge is 0.407 e. The van der Waals surface area contributed by atoms with Crippen LogP contribution in [0.5, 0.6) is 0 Å². The van der Waals surface area contributed by atoms with Crippen molar-refractivity contribution in [2.24, 2.45) is 5.92 Å². The summed E-state index contributed by atoms with van der Waals surface area (Å²) in [4.78, 5) is 38.0. The van der Waals surface area contributed by atoms with Crippen molar-refractivity contribution in [2.75, 3.05) is 33.4 Å². The van der Waals surface area contributed by atoms with Crippen LogP contribution in [-0.2, 0) is 19.1 Å². The molecule has 0 bridgehead atoms. The zero-order chi connectivity index (χ0) is 24.0. The molecule has 3 rings (SSSR count). The van der Waals surface area contributed by atoms with Gasteiger partial charge in [0.2, 0.25) is 5.91 Å². The van der Waals surface area contributed by atoms with Crippen molar-refractivity contribution in [1.29, 1.82) is 0 Å². The highest BCUT2D eigenvalue weighted by Gasteiger charge is 2.32. The number of nitrogens with one attached hydrogen (secondary N) is 1. The molecule has 0 saturated carbocycles. The Morgan fingerprint density at radius 1 is 1.03 bits per heavy atom. The number of hydrogen-bond acceptors (Lipinski definition) is 5. The summed E-state index contributed by atoms with van der Waals surface area (Å²) in [5.41, 5.74) is 4.44. The van der Waals surface area contributed by atoms with E-state index in [9.17, 15) is 14.4 Å². The first kappa shape index (κ1) is 24.3.